The Kier molecular flexibility index (Phi) is 6.59. The second-order valence-electron chi connectivity index (χ2n) is 6.14. The van der Waals surface area contributed by atoms with Crippen molar-refractivity contribution in [1.29, 1.82) is 0 Å². The van der Waals surface area contributed by atoms with Crippen LogP contribution in [0.25, 0.3) is 0 Å². The van der Waals surface area contributed by atoms with Crippen LogP contribution in [-0.2, 0) is 5.41 Å². The number of hydrogen-bond acceptors (Lipinski definition) is 5. The molecule has 0 amide bonds. The van der Waals surface area contributed by atoms with E-state index in [4.69, 9.17) is 0 Å². The van der Waals surface area contributed by atoms with Crippen LogP contribution in [0, 0.1) is 0 Å². The van der Waals surface area contributed by atoms with Crippen molar-refractivity contribution < 1.29 is 0 Å². The zero-order valence-electron chi connectivity index (χ0n) is 13.6. The van der Waals surface area contributed by atoms with Gasteiger partial charge in [-0.3, -0.25) is 0 Å². The second kappa shape index (κ2) is 7.72. The first-order valence-electron chi connectivity index (χ1n) is 7.25. The number of anilines is 2. The summed E-state index contributed by atoms with van der Waals surface area (Å²) >= 11 is 1.84. The topological polar surface area (TPSA) is 49.8 Å². The van der Waals surface area contributed by atoms with E-state index in [-0.39, 0.29) is 5.41 Å². The number of aromatic nitrogens is 2. The molecule has 0 saturated carbocycles. The maximum absolute atomic E-state index is 4.66. The number of rotatable bonds is 7. The Morgan fingerprint density at radius 2 is 1.90 bits per heavy atom. The van der Waals surface area contributed by atoms with Gasteiger partial charge in [-0.05, 0) is 19.6 Å². The van der Waals surface area contributed by atoms with Gasteiger partial charge in [-0.15, -0.1) is 0 Å². The van der Waals surface area contributed by atoms with Crippen LogP contribution in [0.2, 0.25) is 0 Å². The molecule has 0 aromatic carbocycles. The first kappa shape index (κ1) is 17.1. The molecule has 114 valence electrons. The number of hydrogen-bond donors (Lipinski definition) is 2. The molecule has 4 nitrogen and oxygen atoms in total. The minimum absolute atomic E-state index is 0.0525. The maximum atomic E-state index is 4.66. The van der Waals surface area contributed by atoms with E-state index in [1.54, 1.807) is 0 Å². The van der Waals surface area contributed by atoms with Gasteiger partial charge in [0.25, 0.3) is 0 Å². The normalized spacial score (nSPS) is 13.1. The molecule has 1 heterocycles. The molecule has 1 atom stereocenters. The standard InChI is InChI=1S/C15H28N4S/c1-7-8-16-12-9-13(17-11(2)10-20-6)19-14(18-12)15(3,4)5/h9,11H,7-8,10H2,1-6H3,(H2,16,17,18,19). The van der Waals surface area contributed by atoms with Crippen molar-refractivity contribution >= 4 is 23.4 Å². The fraction of sp³-hybridized carbons (Fsp3) is 0.733. The van der Waals surface area contributed by atoms with E-state index in [1.807, 2.05) is 17.8 Å². The van der Waals surface area contributed by atoms with E-state index >= 15 is 0 Å². The molecule has 5 heteroatoms. The molecule has 1 aromatic rings. The zero-order chi connectivity index (χ0) is 15.2. The quantitative estimate of drug-likeness (QED) is 0.802. The molecule has 0 saturated heterocycles. The summed E-state index contributed by atoms with van der Waals surface area (Å²) in [5.74, 6) is 3.75. The molecule has 2 N–H and O–H groups in total. The number of thioether (sulfide) groups is 1. The van der Waals surface area contributed by atoms with Crippen LogP contribution >= 0.6 is 11.8 Å². The third kappa shape index (κ3) is 5.57. The minimum atomic E-state index is -0.0525. The Labute approximate surface area is 127 Å². The summed E-state index contributed by atoms with van der Waals surface area (Å²) in [6, 6.07) is 2.40. The van der Waals surface area contributed by atoms with Crippen molar-refractivity contribution in [2.45, 2.75) is 52.5 Å². The third-order valence-electron chi connectivity index (χ3n) is 2.76. The van der Waals surface area contributed by atoms with Crippen LogP contribution in [0.15, 0.2) is 6.07 Å². The van der Waals surface area contributed by atoms with Crippen molar-refractivity contribution in [2.75, 3.05) is 29.2 Å². The molecule has 1 aromatic heterocycles. The molecular weight excluding hydrogens is 268 g/mol. The summed E-state index contributed by atoms with van der Waals surface area (Å²) in [4.78, 5) is 9.29. The van der Waals surface area contributed by atoms with Crippen molar-refractivity contribution in [3.8, 4) is 0 Å². The van der Waals surface area contributed by atoms with Gasteiger partial charge in [0.05, 0.1) is 0 Å². The fourth-order valence-electron chi connectivity index (χ4n) is 1.74. The van der Waals surface area contributed by atoms with Crippen LogP contribution in [0.4, 0.5) is 11.6 Å². The highest BCUT2D eigenvalue weighted by atomic mass is 32.2. The van der Waals surface area contributed by atoms with Gasteiger partial charge in [-0.2, -0.15) is 11.8 Å². The van der Waals surface area contributed by atoms with Crippen LogP contribution in [0.5, 0.6) is 0 Å². The van der Waals surface area contributed by atoms with Crippen LogP contribution in [-0.4, -0.2) is 34.6 Å². The van der Waals surface area contributed by atoms with Crippen molar-refractivity contribution in [3.05, 3.63) is 11.9 Å². The lowest BCUT2D eigenvalue weighted by atomic mass is 9.96. The molecule has 0 radical (unpaired) electrons. The van der Waals surface area contributed by atoms with Gasteiger partial charge < -0.3 is 10.6 Å². The van der Waals surface area contributed by atoms with E-state index in [2.05, 4.69) is 61.5 Å². The van der Waals surface area contributed by atoms with Gasteiger partial charge in [0.1, 0.15) is 17.5 Å². The highest BCUT2D eigenvalue weighted by Crippen LogP contribution is 2.22. The average Bonchev–Trinajstić information content (AvgIpc) is 2.35. The zero-order valence-corrected chi connectivity index (χ0v) is 14.4. The Bertz CT molecular complexity index is 415. The van der Waals surface area contributed by atoms with E-state index in [9.17, 15) is 0 Å². The van der Waals surface area contributed by atoms with Gasteiger partial charge in [0.2, 0.25) is 0 Å². The highest BCUT2D eigenvalue weighted by molar-refractivity contribution is 7.98. The first-order chi connectivity index (χ1) is 9.36. The Morgan fingerprint density at radius 3 is 2.45 bits per heavy atom. The highest BCUT2D eigenvalue weighted by Gasteiger charge is 2.19. The molecule has 20 heavy (non-hydrogen) atoms. The fourth-order valence-corrected chi connectivity index (χ4v) is 2.33. The summed E-state index contributed by atoms with van der Waals surface area (Å²) < 4.78 is 0. The van der Waals surface area contributed by atoms with Crippen molar-refractivity contribution in [3.63, 3.8) is 0 Å². The summed E-state index contributed by atoms with van der Waals surface area (Å²) in [7, 11) is 0. The summed E-state index contributed by atoms with van der Waals surface area (Å²) in [6.45, 7) is 11.7. The van der Waals surface area contributed by atoms with Crippen LogP contribution in [0.3, 0.4) is 0 Å². The lowest BCUT2D eigenvalue weighted by Gasteiger charge is -2.21. The van der Waals surface area contributed by atoms with Gasteiger partial charge in [-0.25, -0.2) is 9.97 Å². The SMILES string of the molecule is CCCNc1cc(NC(C)CSC)nc(C(C)(C)C)n1. The van der Waals surface area contributed by atoms with Crippen molar-refractivity contribution in [1.82, 2.24) is 9.97 Å². The van der Waals surface area contributed by atoms with E-state index in [1.165, 1.54) is 0 Å². The van der Waals surface area contributed by atoms with E-state index in [0.29, 0.717) is 6.04 Å². The molecule has 0 spiro atoms. The number of nitrogens with one attached hydrogen (secondary N) is 2. The first-order valence-corrected chi connectivity index (χ1v) is 8.65. The smallest absolute Gasteiger partial charge is 0.138 e. The molecule has 0 bridgehead atoms. The van der Waals surface area contributed by atoms with Crippen LogP contribution in [0.1, 0.15) is 46.9 Å². The minimum Gasteiger partial charge on any atom is -0.370 e. The summed E-state index contributed by atoms with van der Waals surface area (Å²) in [6.07, 6.45) is 3.20. The molecule has 1 rings (SSSR count). The summed E-state index contributed by atoms with van der Waals surface area (Å²) in [5, 5.41) is 6.82. The Balaban J connectivity index is 2.97. The predicted octanol–water partition coefficient (Wildman–Crippen LogP) is 3.76. The summed E-state index contributed by atoms with van der Waals surface area (Å²) in [5.41, 5.74) is -0.0525. The van der Waals surface area contributed by atoms with Crippen LogP contribution < -0.4 is 10.6 Å². The van der Waals surface area contributed by atoms with E-state index < -0.39 is 0 Å². The largest absolute Gasteiger partial charge is 0.370 e. The predicted molar refractivity (Wildman–Crippen MR) is 91.0 cm³/mol. The third-order valence-corrected chi connectivity index (χ3v) is 3.60. The lowest BCUT2D eigenvalue weighted by molar-refractivity contribution is 0.546. The molecule has 0 aliphatic rings. The van der Waals surface area contributed by atoms with Gasteiger partial charge in [0, 0.05) is 29.8 Å². The number of nitrogens with zero attached hydrogens (tertiary/aromatic N) is 2. The lowest BCUT2D eigenvalue weighted by Crippen LogP contribution is -2.22. The van der Waals surface area contributed by atoms with Crippen molar-refractivity contribution in [2.24, 2.45) is 0 Å². The monoisotopic (exact) mass is 296 g/mol. The molecule has 0 aliphatic carbocycles. The molecule has 0 aliphatic heterocycles. The second-order valence-corrected chi connectivity index (χ2v) is 7.05. The molecular formula is C15H28N4S. The average molecular weight is 296 g/mol. The van der Waals surface area contributed by atoms with Gasteiger partial charge in [0.15, 0.2) is 0 Å². The van der Waals surface area contributed by atoms with E-state index in [0.717, 1.165) is 36.2 Å². The molecule has 0 fully saturated rings. The molecule has 1 unspecified atom stereocenters. The Morgan fingerprint density at radius 1 is 1.25 bits per heavy atom. The van der Waals surface area contributed by atoms with Gasteiger partial charge in [-0.1, -0.05) is 27.7 Å². The Hall–Kier alpha value is -0.970. The van der Waals surface area contributed by atoms with Gasteiger partial charge >= 0.3 is 0 Å². The maximum Gasteiger partial charge on any atom is 0.138 e.